The predicted octanol–water partition coefficient (Wildman–Crippen LogP) is 4.48. The minimum Gasteiger partial charge on any atom is -0.252 e. The Labute approximate surface area is 180 Å². The molecule has 2 aromatic carbocycles. The second-order valence-electron chi connectivity index (χ2n) is 7.02. The summed E-state index contributed by atoms with van der Waals surface area (Å²) in [6.45, 7) is 2.89. The van der Waals surface area contributed by atoms with Gasteiger partial charge in [0, 0.05) is 36.5 Å². The van der Waals surface area contributed by atoms with Crippen molar-refractivity contribution in [3.05, 3.63) is 65.2 Å². The third-order valence-corrected chi connectivity index (χ3v) is 8.15. The standard InChI is InChI=1S/C21H22ClN3O2S2/c1-2-28-20-19(16-6-4-3-5-7-16)23-21(24-20)12-14-25(15-13-21)29(26,27)18-10-8-17(22)9-11-18/h3-11H,2,12-15H2,1H3. The van der Waals surface area contributed by atoms with Crippen molar-refractivity contribution in [3.63, 3.8) is 0 Å². The van der Waals surface area contributed by atoms with Crippen LogP contribution in [0.15, 0.2) is 69.5 Å². The fraction of sp³-hybridized carbons (Fsp3) is 0.333. The molecule has 0 N–H and O–H groups in total. The molecule has 0 unspecified atom stereocenters. The van der Waals surface area contributed by atoms with Crippen LogP contribution in [0.3, 0.4) is 0 Å². The zero-order valence-corrected chi connectivity index (χ0v) is 18.5. The molecule has 1 fully saturated rings. The first-order valence-electron chi connectivity index (χ1n) is 9.57. The van der Waals surface area contributed by atoms with Gasteiger partial charge in [0.05, 0.1) is 10.6 Å². The number of hydrogen-bond donors (Lipinski definition) is 0. The highest BCUT2D eigenvalue weighted by Gasteiger charge is 2.42. The van der Waals surface area contributed by atoms with Gasteiger partial charge < -0.3 is 0 Å². The third kappa shape index (κ3) is 4.14. The number of piperidine rings is 1. The molecule has 5 nitrogen and oxygen atoms in total. The second-order valence-corrected chi connectivity index (χ2v) is 10.6. The molecule has 2 aliphatic rings. The van der Waals surface area contributed by atoms with E-state index in [4.69, 9.17) is 21.6 Å². The fourth-order valence-electron chi connectivity index (χ4n) is 3.61. The maximum Gasteiger partial charge on any atom is 0.243 e. The van der Waals surface area contributed by atoms with Crippen molar-refractivity contribution >= 4 is 44.1 Å². The van der Waals surface area contributed by atoms with Gasteiger partial charge in [-0.15, -0.1) is 11.8 Å². The van der Waals surface area contributed by atoms with Crippen molar-refractivity contribution in [3.8, 4) is 0 Å². The second kappa shape index (κ2) is 8.22. The van der Waals surface area contributed by atoms with Gasteiger partial charge >= 0.3 is 0 Å². The van der Waals surface area contributed by atoms with Crippen molar-refractivity contribution in [1.29, 1.82) is 0 Å². The van der Waals surface area contributed by atoms with Crippen LogP contribution in [0.2, 0.25) is 5.02 Å². The van der Waals surface area contributed by atoms with Gasteiger partial charge in [-0.3, -0.25) is 4.99 Å². The van der Waals surface area contributed by atoms with Crippen LogP contribution in [0.1, 0.15) is 25.3 Å². The van der Waals surface area contributed by atoms with Crippen LogP contribution < -0.4 is 0 Å². The molecule has 0 aromatic heterocycles. The molecule has 0 amide bonds. The summed E-state index contributed by atoms with van der Waals surface area (Å²) in [4.78, 5) is 10.2. The summed E-state index contributed by atoms with van der Waals surface area (Å²) in [7, 11) is -3.54. The molecule has 2 aliphatic heterocycles. The molecule has 4 rings (SSSR count). The van der Waals surface area contributed by atoms with E-state index in [1.165, 1.54) is 4.31 Å². The van der Waals surface area contributed by atoms with E-state index in [0.717, 1.165) is 22.1 Å². The first kappa shape index (κ1) is 20.6. The van der Waals surface area contributed by atoms with Crippen LogP contribution in [0.25, 0.3) is 0 Å². The van der Waals surface area contributed by atoms with E-state index >= 15 is 0 Å². The van der Waals surface area contributed by atoms with Gasteiger partial charge in [0.15, 0.2) is 5.66 Å². The molecule has 0 saturated carbocycles. The average molecular weight is 448 g/mol. The molecule has 0 bridgehead atoms. The molecule has 2 aromatic rings. The summed E-state index contributed by atoms with van der Waals surface area (Å²) >= 11 is 7.58. The predicted molar refractivity (Wildman–Crippen MR) is 121 cm³/mol. The van der Waals surface area contributed by atoms with Gasteiger partial charge in [-0.05, 0) is 30.0 Å². The number of halogens is 1. The highest BCUT2D eigenvalue weighted by atomic mass is 35.5. The Morgan fingerprint density at radius 2 is 1.69 bits per heavy atom. The third-order valence-electron chi connectivity index (χ3n) is 5.14. The zero-order valence-electron chi connectivity index (χ0n) is 16.1. The maximum atomic E-state index is 13.0. The Bertz CT molecular complexity index is 1040. The summed E-state index contributed by atoms with van der Waals surface area (Å²) in [5.74, 6) is 0.915. The normalized spacial score (nSPS) is 19.2. The largest absolute Gasteiger partial charge is 0.252 e. The Balaban J connectivity index is 1.56. The zero-order chi connectivity index (χ0) is 20.5. The van der Waals surface area contributed by atoms with E-state index in [-0.39, 0.29) is 4.90 Å². The Kier molecular flexibility index (Phi) is 5.84. The highest BCUT2D eigenvalue weighted by Crippen LogP contribution is 2.37. The average Bonchev–Trinajstić information content (AvgIpc) is 3.07. The van der Waals surface area contributed by atoms with Gasteiger partial charge in [0.25, 0.3) is 0 Å². The molecule has 2 heterocycles. The Hall–Kier alpha value is -1.67. The first-order chi connectivity index (χ1) is 13.9. The molecular formula is C21H22ClN3O2S2. The molecule has 1 saturated heterocycles. The number of nitrogens with zero attached hydrogens (tertiary/aromatic N) is 3. The Morgan fingerprint density at radius 1 is 1.03 bits per heavy atom. The lowest BCUT2D eigenvalue weighted by Crippen LogP contribution is -2.44. The number of hydrogen-bond acceptors (Lipinski definition) is 5. The van der Waals surface area contributed by atoms with E-state index in [2.05, 4.69) is 6.92 Å². The number of rotatable bonds is 4. The minimum absolute atomic E-state index is 0.267. The molecule has 0 atom stereocenters. The molecule has 0 aliphatic carbocycles. The quantitative estimate of drug-likeness (QED) is 0.694. The lowest BCUT2D eigenvalue weighted by atomic mass is 10.00. The van der Waals surface area contributed by atoms with E-state index in [0.29, 0.717) is 31.0 Å². The van der Waals surface area contributed by atoms with Crippen LogP contribution in [-0.4, -0.2) is 48.0 Å². The van der Waals surface area contributed by atoms with Crippen LogP contribution >= 0.6 is 23.4 Å². The summed E-state index contributed by atoms with van der Waals surface area (Å²) in [6.07, 6.45) is 1.15. The van der Waals surface area contributed by atoms with Crippen molar-refractivity contribution in [2.24, 2.45) is 9.98 Å². The molecule has 1 spiro atoms. The number of aliphatic imine (C=N–C) groups is 2. The van der Waals surface area contributed by atoms with E-state index in [9.17, 15) is 8.42 Å². The van der Waals surface area contributed by atoms with E-state index in [1.807, 2.05) is 30.3 Å². The van der Waals surface area contributed by atoms with Crippen molar-refractivity contribution in [1.82, 2.24) is 4.31 Å². The summed E-state index contributed by atoms with van der Waals surface area (Å²) < 4.78 is 27.5. The fourth-order valence-corrected chi connectivity index (χ4v) is 5.98. The van der Waals surface area contributed by atoms with E-state index in [1.54, 1.807) is 36.0 Å². The van der Waals surface area contributed by atoms with Crippen LogP contribution in [0.5, 0.6) is 0 Å². The lowest BCUT2D eigenvalue weighted by molar-refractivity contribution is 0.249. The molecule has 152 valence electrons. The van der Waals surface area contributed by atoms with Crippen LogP contribution in [0, 0.1) is 0 Å². The SMILES string of the molecule is CCSC1=NC2(CCN(S(=O)(=O)c3ccc(Cl)cc3)CC2)N=C1c1ccccc1. The molecule has 29 heavy (non-hydrogen) atoms. The molecule has 0 radical (unpaired) electrons. The number of benzene rings is 2. The number of sulfonamides is 1. The van der Waals surface area contributed by atoms with E-state index < -0.39 is 15.7 Å². The first-order valence-corrected chi connectivity index (χ1v) is 12.4. The van der Waals surface area contributed by atoms with Gasteiger partial charge in [0.1, 0.15) is 5.04 Å². The van der Waals surface area contributed by atoms with Crippen molar-refractivity contribution in [2.75, 3.05) is 18.8 Å². The molecular weight excluding hydrogens is 426 g/mol. The van der Waals surface area contributed by atoms with Crippen molar-refractivity contribution < 1.29 is 8.42 Å². The topological polar surface area (TPSA) is 62.1 Å². The smallest absolute Gasteiger partial charge is 0.243 e. The lowest BCUT2D eigenvalue weighted by Gasteiger charge is -2.34. The monoisotopic (exact) mass is 447 g/mol. The van der Waals surface area contributed by atoms with Crippen LogP contribution in [0.4, 0.5) is 0 Å². The maximum absolute atomic E-state index is 13.0. The molecule has 8 heteroatoms. The van der Waals surface area contributed by atoms with Gasteiger partial charge in [-0.1, -0.05) is 48.9 Å². The summed E-state index contributed by atoms with van der Waals surface area (Å²) in [6, 6.07) is 16.4. The van der Waals surface area contributed by atoms with Gasteiger partial charge in [-0.2, -0.15) is 4.31 Å². The van der Waals surface area contributed by atoms with Gasteiger partial charge in [-0.25, -0.2) is 13.4 Å². The summed E-state index contributed by atoms with van der Waals surface area (Å²) in [5.41, 5.74) is 1.42. The van der Waals surface area contributed by atoms with Gasteiger partial charge in [0.2, 0.25) is 10.0 Å². The van der Waals surface area contributed by atoms with Crippen molar-refractivity contribution in [2.45, 2.75) is 30.3 Å². The van der Waals surface area contributed by atoms with Crippen LogP contribution in [-0.2, 0) is 10.0 Å². The Morgan fingerprint density at radius 3 is 2.31 bits per heavy atom. The minimum atomic E-state index is -3.54. The number of thioether (sulfide) groups is 1. The highest BCUT2D eigenvalue weighted by molar-refractivity contribution is 8.15. The summed E-state index contributed by atoms with van der Waals surface area (Å²) in [5, 5.41) is 1.47.